The molecule has 1 amide bonds. The van der Waals surface area contributed by atoms with Gasteiger partial charge in [0.1, 0.15) is 0 Å². The first kappa shape index (κ1) is 13.6. The van der Waals surface area contributed by atoms with Crippen LogP contribution in [0.1, 0.15) is 25.8 Å². The molecule has 3 unspecified atom stereocenters. The van der Waals surface area contributed by atoms with Crippen molar-refractivity contribution >= 4 is 11.6 Å². The van der Waals surface area contributed by atoms with Crippen molar-refractivity contribution in [1.82, 2.24) is 5.32 Å². The maximum atomic E-state index is 12.9. The molecule has 0 saturated carbocycles. The lowest BCUT2D eigenvalue weighted by atomic mass is 10.00. The highest BCUT2D eigenvalue weighted by Crippen LogP contribution is 2.29. The summed E-state index contributed by atoms with van der Waals surface area (Å²) < 4.78 is 5.56. The third-order valence-corrected chi connectivity index (χ3v) is 4.34. The molecule has 2 aliphatic rings. The van der Waals surface area contributed by atoms with E-state index >= 15 is 0 Å². The van der Waals surface area contributed by atoms with Crippen molar-refractivity contribution < 1.29 is 9.53 Å². The maximum absolute atomic E-state index is 12.9. The summed E-state index contributed by atoms with van der Waals surface area (Å²) in [6, 6.07) is 8.47. The number of carbonyl (C=O) groups is 1. The number of hydrogen-bond donors (Lipinski definition) is 1. The summed E-state index contributed by atoms with van der Waals surface area (Å²) in [5, 5.41) is 3.46. The first-order chi connectivity index (χ1) is 9.66. The van der Waals surface area contributed by atoms with Crippen molar-refractivity contribution in [3.8, 4) is 0 Å². The van der Waals surface area contributed by atoms with Crippen LogP contribution in [0.25, 0.3) is 0 Å². The van der Waals surface area contributed by atoms with Crippen LogP contribution in [0.2, 0.25) is 0 Å². The lowest BCUT2D eigenvalue weighted by Crippen LogP contribution is -2.44. The predicted molar refractivity (Wildman–Crippen MR) is 78.6 cm³/mol. The van der Waals surface area contributed by atoms with Crippen LogP contribution in [0.4, 0.5) is 5.69 Å². The fourth-order valence-electron chi connectivity index (χ4n) is 3.11. The molecule has 2 heterocycles. The van der Waals surface area contributed by atoms with Gasteiger partial charge in [-0.15, -0.1) is 0 Å². The van der Waals surface area contributed by atoms with Crippen LogP contribution in [-0.4, -0.2) is 31.2 Å². The molecule has 0 spiro atoms. The molecule has 4 nitrogen and oxygen atoms in total. The summed E-state index contributed by atoms with van der Waals surface area (Å²) in [6.07, 6.45) is 0.863. The molecule has 3 rings (SSSR count). The van der Waals surface area contributed by atoms with Crippen LogP contribution in [0.15, 0.2) is 24.3 Å². The normalized spacial score (nSPS) is 29.9. The molecular formula is C16H22N2O2. The topological polar surface area (TPSA) is 41.6 Å². The van der Waals surface area contributed by atoms with E-state index in [1.54, 1.807) is 0 Å². The molecule has 1 fully saturated rings. The monoisotopic (exact) mass is 274 g/mol. The molecule has 4 heteroatoms. The second kappa shape index (κ2) is 5.54. The molecule has 1 saturated heterocycles. The second-order valence-corrected chi connectivity index (χ2v) is 5.83. The van der Waals surface area contributed by atoms with Crippen LogP contribution in [0.5, 0.6) is 0 Å². The minimum Gasteiger partial charge on any atom is -0.378 e. The summed E-state index contributed by atoms with van der Waals surface area (Å²) >= 11 is 0. The van der Waals surface area contributed by atoms with Gasteiger partial charge in [0.2, 0.25) is 5.91 Å². The number of hydrogen-bond acceptors (Lipinski definition) is 3. The molecule has 3 atom stereocenters. The molecule has 2 aliphatic heterocycles. The summed E-state index contributed by atoms with van der Waals surface area (Å²) in [5.41, 5.74) is 2.24. The van der Waals surface area contributed by atoms with Crippen LogP contribution >= 0.6 is 0 Å². The number of nitrogens with one attached hydrogen (secondary N) is 1. The molecule has 0 aliphatic carbocycles. The second-order valence-electron chi connectivity index (χ2n) is 5.83. The summed E-state index contributed by atoms with van der Waals surface area (Å²) in [7, 11) is 0. The highest BCUT2D eigenvalue weighted by Gasteiger charge is 2.36. The SMILES string of the molecule is CC1CN(C(=O)C2CCOC2C)c2ccccc2CN1. The highest BCUT2D eigenvalue weighted by molar-refractivity contribution is 5.96. The van der Waals surface area contributed by atoms with E-state index in [1.807, 2.05) is 30.0 Å². The summed E-state index contributed by atoms with van der Waals surface area (Å²) in [5.74, 6) is 0.200. The van der Waals surface area contributed by atoms with Gasteiger partial charge < -0.3 is 15.0 Å². The Labute approximate surface area is 120 Å². The standard InChI is InChI=1S/C16H22N2O2/c1-11-10-18(16(19)14-7-8-20-12(14)2)15-6-4-3-5-13(15)9-17-11/h3-6,11-12,14,17H,7-10H2,1-2H3. The van der Waals surface area contributed by atoms with Gasteiger partial charge >= 0.3 is 0 Å². The number of rotatable bonds is 1. The molecule has 20 heavy (non-hydrogen) atoms. The number of para-hydroxylation sites is 1. The number of nitrogens with zero attached hydrogens (tertiary/aromatic N) is 1. The van der Waals surface area contributed by atoms with E-state index in [4.69, 9.17) is 4.74 Å². The molecule has 1 aromatic rings. The predicted octanol–water partition coefficient (Wildman–Crippen LogP) is 1.94. The highest BCUT2D eigenvalue weighted by atomic mass is 16.5. The van der Waals surface area contributed by atoms with Gasteiger partial charge in [0.15, 0.2) is 0 Å². The largest absolute Gasteiger partial charge is 0.378 e. The zero-order chi connectivity index (χ0) is 14.1. The Morgan fingerprint density at radius 3 is 2.90 bits per heavy atom. The Morgan fingerprint density at radius 2 is 2.15 bits per heavy atom. The van der Waals surface area contributed by atoms with Gasteiger partial charge in [0.25, 0.3) is 0 Å². The van der Waals surface area contributed by atoms with Crippen molar-refractivity contribution in [2.24, 2.45) is 5.92 Å². The van der Waals surface area contributed by atoms with Gasteiger partial charge in [0, 0.05) is 31.4 Å². The van der Waals surface area contributed by atoms with Crippen LogP contribution in [0, 0.1) is 5.92 Å². The van der Waals surface area contributed by atoms with Crippen LogP contribution in [0.3, 0.4) is 0 Å². The quantitative estimate of drug-likeness (QED) is 0.851. The number of amides is 1. The third-order valence-electron chi connectivity index (χ3n) is 4.34. The zero-order valence-electron chi connectivity index (χ0n) is 12.1. The number of ether oxygens (including phenoxy) is 1. The van der Waals surface area contributed by atoms with E-state index in [1.165, 1.54) is 5.56 Å². The molecule has 1 N–H and O–H groups in total. The number of carbonyl (C=O) groups excluding carboxylic acids is 1. The van der Waals surface area contributed by atoms with Gasteiger partial charge in [0.05, 0.1) is 12.0 Å². The van der Waals surface area contributed by atoms with Crippen molar-refractivity contribution in [1.29, 1.82) is 0 Å². The van der Waals surface area contributed by atoms with Crippen molar-refractivity contribution in [3.63, 3.8) is 0 Å². The Bertz CT molecular complexity index is 503. The first-order valence-electron chi connectivity index (χ1n) is 7.41. The maximum Gasteiger partial charge on any atom is 0.232 e. The minimum atomic E-state index is -0.00615. The van der Waals surface area contributed by atoms with Crippen LogP contribution < -0.4 is 10.2 Å². The number of benzene rings is 1. The van der Waals surface area contributed by atoms with E-state index in [0.717, 1.165) is 25.2 Å². The summed E-state index contributed by atoms with van der Waals surface area (Å²) in [6.45, 7) is 6.36. The minimum absolute atomic E-state index is 0.00615. The van der Waals surface area contributed by atoms with Gasteiger partial charge in [-0.05, 0) is 31.9 Å². The lowest BCUT2D eigenvalue weighted by Gasteiger charge is -2.28. The third kappa shape index (κ3) is 2.45. The Hall–Kier alpha value is -1.39. The molecule has 0 bridgehead atoms. The van der Waals surface area contributed by atoms with E-state index in [0.29, 0.717) is 12.6 Å². The van der Waals surface area contributed by atoms with E-state index in [9.17, 15) is 4.79 Å². The van der Waals surface area contributed by atoms with E-state index < -0.39 is 0 Å². The Morgan fingerprint density at radius 1 is 1.35 bits per heavy atom. The van der Waals surface area contributed by atoms with Crippen LogP contribution in [-0.2, 0) is 16.1 Å². The molecule has 108 valence electrons. The molecule has 0 aromatic heterocycles. The fraction of sp³-hybridized carbons (Fsp3) is 0.562. The van der Waals surface area contributed by atoms with Crippen molar-refractivity contribution in [3.05, 3.63) is 29.8 Å². The van der Waals surface area contributed by atoms with Crippen molar-refractivity contribution in [2.75, 3.05) is 18.1 Å². The average Bonchev–Trinajstić information content (AvgIpc) is 2.80. The lowest BCUT2D eigenvalue weighted by molar-refractivity contribution is -0.123. The summed E-state index contributed by atoms with van der Waals surface area (Å²) in [4.78, 5) is 14.8. The fourth-order valence-corrected chi connectivity index (χ4v) is 3.11. The molecular weight excluding hydrogens is 252 g/mol. The molecule has 1 aromatic carbocycles. The van der Waals surface area contributed by atoms with Crippen molar-refractivity contribution in [2.45, 2.75) is 39.0 Å². The number of fused-ring (bicyclic) bond motifs is 1. The van der Waals surface area contributed by atoms with Gasteiger partial charge in [-0.2, -0.15) is 0 Å². The van der Waals surface area contributed by atoms with E-state index in [2.05, 4.69) is 18.3 Å². The van der Waals surface area contributed by atoms with Gasteiger partial charge in [-0.1, -0.05) is 18.2 Å². The molecule has 0 radical (unpaired) electrons. The van der Waals surface area contributed by atoms with Gasteiger partial charge in [-0.25, -0.2) is 0 Å². The van der Waals surface area contributed by atoms with Gasteiger partial charge in [-0.3, -0.25) is 4.79 Å². The average molecular weight is 274 g/mol. The zero-order valence-corrected chi connectivity index (χ0v) is 12.1. The number of anilines is 1. The Kier molecular flexibility index (Phi) is 3.76. The first-order valence-corrected chi connectivity index (χ1v) is 7.41. The Balaban J connectivity index is 1.92. The smallest absolute Gasteiger partial charge is 0.232 e. The van der Waals surface area contributed by atoms with E-state index in [-0.39, 0.29) is 17.9 Å².